The average molecular weight is 284 g/mol. The van der Waals surface area contributed by atoms with Crippen molar-refractivity contribution in [2.45, 2.75) is 13.5 Å². The minimum atomic E-state index is 0.0921. The summed E-state index contributed by atoms with van der Waals surface area (Å²) in [4.78, 5) is 12.2. The Balaban J connectivity index is 1.69. The minimum Gasteiger partial charge on any atom is -0.383 e. The standard InChI is InChI=1S/C16H16N2OS/c1-12-2-4-13(5-3-12)17-8-10-18-9-6-15-14(16(18)19)7-11-20-15/h2-7,9,11,17H,8,10H2,1H3. The molecule has 0 saturated heterocycles. The number of hydrogen-bond donors (Lipinski definition) is 1. The molecule has 2 aromatic heterocycles. The van der Waals surface area contributed by atoms with E-state index in [0.29, 0.717) is 6.54 Å². The molecule has 0 amide bonds. The van der Waals surface area contributed by atoms with Gasteiger partial charge >= 0.3 is 0 Å². The number of rotatable bonds is 4. The van der Waals surface area contributed by atoms with Crippen LogP contribution in [0.5, 0.6) is 0 Å². The Labute approximate surface area is 121 Å². The number of thiophene rings is 1. The van der Waals surface area contributed by atoms with Crippen LogP contribution >= 0.6 is 11.3 Å². The number of nitrogens with one attached hydrogen (secondary N) is 1. The van der Waals surface area contributed by atoms with Gasteiger partial charge in [-0.3, -0.25) is 4.79 Å². The van der Waals surface area contributed by atoms with E-state index < -0.39 is 0 Å². The minimum absolute atomic E-state index is 0.0921. The lowest BCUT2D eigenvalue weighted by molar-refractivity contribution is 0.704. The highest BCUT2D eigenvalue weighted by Crippen LogP contribution is 2.16. The molecular formula is C16H16N2OS. The molecule has 0 radical (unpaired) electrons. The number of aromatic nitrogens is 1. The van der Waals surface area contributed by atoms with Crippen LogP contribution in [0, 0.1) is 6.92 Å². The first kappa shape index (κ1) is 12.9. The Morgan fingerprint density at radius 2 is 1.95 bits per heavy atom. The van der Waals surface area contributed by atoms with Crippen molar-refractivity contribution in [2.24, 2.45) is 0 Å². The van der Waals surface area contributed by atoms with Gasteiger partial charge in [0.2, 0.25) is 0 Å². The molecule has 1 aromatic carbocycles. The lowest BCUT2D eigenvalue weighted by Crippen LogP contribution is -2.22. The molecule has 0 aliphatic carbocycles. The Hall–Kier alpha value is -2.07. The topological polar surface area (TPSA) is 34.0 Å². The molecule has 102 valence electrons. The summed E-state index contributed by atoms with van der Waals surface area (Å²) in [7, 11) is 0. The van der Waals surface area contributed by atoms with E-state index in [0.717, 1.165) is 22.3 Å². The van der Waals surface area contributed by atoms with Gasteiger partial charge in [-0.25, -0.2) is 0 Å². The first-order valence-corrected chi connectivity index (χ1v) is 7.49. The summed E-state index contributed by atoms with van der Waals surface area (Å²) in [6, 6.07) is 12.2. The molecule has 1 N–H and O–H groups in total. The van der Waals surface area contributed by atoms with E-state index >= 15 is 0 Å². The number of fused-ring (bicyclic) bond motifs is 1. The number of anilines is 1. The van der Waals surface area contributed by atoms with Crippen LogP contribution in [0.4, 0.5) is 5.69 Å². The van der Waals surface area contributed by atoms with Crippen molar-refractivity contribution in [1.82, 2.24) is 4.57 Å². The van der Waals surface area contributed by atoms with E-state index in [4.69, 9.17) is 0 Å². The van der Waals surface area contributed by atoms with Crippen LogP contribution in [0.15, 0.2) is 52.8 Å². The summed E-state index contributed by atoms with van der Waals surface area (Å²) in [5.41, 5.74) is 2.42. The summed E-state index contributed by atoms with van der Waals surface area (Å²) >= 11 is 1.60. The lowest BCUT2D eigenvalue weighted by atomic mass is 10.2. The van der Waals surface area contributed by atoms with Crippen molar-refractivity contribution in [1.29, 1.82) is 0 Å². The molecule has 4 heteroatoms. The molecule has 0 aliphatic heterocycles. The van der Waals surface area contributed by atoms with Crippen molar-refractivity contribution in [3.63, 3.8) is 0 Å². The van der Waals surface area contributed by atoms with Crippen LogP contribution in [0.3, 0.4) is 0 Å². The van der Waals surface area contributed by atoms with Gasteiger partial charge in [-0.05, 0) is 36.6 Å². The van der Waals surface area contributed by atoms with Crippen molar-refractivity contribution in [2.75, 3.05) is 11.9 Å². The zero-order chi connectivity index (χ0) is 13.9. The van der Waals surface area contributed by atoms with E-state index in [2.05, 4.69) is 36.5 Å². The zero-order valence-corrected chi connectivity index (χ0v) is 12.1. The lowest BCUT2D eigenvalue weighted by Gasteiger charge is -2.09. The van der Waals surface area contributed by atoms with Crippen molar-refractivity contribution in [3.05, 3.63) is 63.9 Å². The molecule has 0 atom stereocenters. The number of benzene rings is 1. The third-order valence-electron chi connectivity index (χ3n) is 3.33. The van der Waals surface area contributed by atoms with Crippen LogP contribution < -0.4 is 10.9 Å². The Bertz CT molecular complexity index is 771. The Kier molecular flexibility index (Phi) is 3.56. The molecule has 0 fully saturated rings. The third-order valence-corrected chi connectivity index (χ3v) is 4.21. The molecule has 0 unspecified atom stereocenters. The number of aryl methyl sites for hydroxylation is 1. The number of pyridine rings is 1. The first-order chi connectivity index (χ1) is 9.74. The molecule has 0 saturated carbocycles. The molecular weight excluding hydrogens is 268 g/mol. The predicted molar refractivity (Wildman–Crippen MR) is 85.8 cm³/mol. The molecule has 3 nitrogen and oxygen atoms in total. The number of nitrogens with zero attached hydrogens (tertiary/aromatic N) is 1. The summed E-state index contributed by atoms with van der Waals surface area (Å²) in [6.07, 6.45) is 1.87. The Morgan fingerprint density at radius 1 is 1.15 bits per heavy atom. The van der Waals surface area contributed by atoms with Gasteiger partial charge in [0, 0.05) is 29.7 Å². The summed E-state index contributed by atoms with van der Waals surface area (Å²) in [5, 5.41) is 6.10. The fraction of sp³-hybridized carbons (Fsp3) is 0.188. The van der Waals surface area contributed by atoms with Gasteiger partial charge in [0.15, 0.2) is 0 Å². The smallest absolute Gasteiger partial charge is 0.259 e. The highest BCUT2D eigenvalue weighted by atomic mass is 32.1. The second-order valence-electron chi connectivity index (χ2n) is 4.81. The molecule has 20 heavy (non-hydrogen) atoms. The molecule has 2 heterocycles. The molecule has 0 bridgehead atoms. The second-order valence-corrected chi connectivity index (χ2v) is 5.75. The Morgan fingerprint density at radius 3 is 2.75 bits per heavy atom. The van der Waals surface area contributed by atoms with Gasteiger partial charge in [0.1, 0.15) is 0 Å². The van der Waals surface area contributed by atoms with Crippen LogP contribution in [0.1, 0.15) is 5.56 Å². The van der Waals surface area contributed by atoms with Crippen molar-refractivity contribution in [3.8, 4) is 0 Å². The van der Waals surface area contributed by atoms with Crippen LogP contribution in [-0.2, 0) is 6.54 Å². The second kappa shape index (κ2) is 5.51. The average Bonchev–Trinajstić information content (AvgIpc) is 2.93. The van der Waals surface area contributed by atoms with Gasteiger partial charge in [-0.2, -0.15) is 0 Å². The van der Waals surface area contributed by atoms with Gasteiger partial charge in [-0.15, -0.1) is 11.3 Å². The quantitative estimate of drug-likeness (QED) is 0.796. The van der Waals surface area contributed by atoms with E-state index in [1.165, 1.54) is 5.56 Å². The SMILES string of the molecule is Cc1ccc(NCCn2ccc3sccc3c2=O)cc1. The van der Waals surface area contributed by atoms with Crippen LogP contribution in [0.2, 0.25) is 0 Å². The fourth-order valence-corrected chi connectivity index (χ4v) is 2.95. The highest BCUT2D eigenvalue weighted by Gasteiger charge is 2.03. The molecule has 0 spiro atoms. The van der Waals surface area contributed by atoms with Gasteiger partial charge in [0.25, 0.3) is 5.56 Å². The first-order valence-electron chi connectivity index (χ1n) is 6.61. The van der Waals surface area contributed by atoms with Crippen LogP contribution in [0.25, 0.3) is 10.1 Å². The van der Waals surface area contributed by atoms with E-state index in [1.54, 1.807) is 15.9 Å². The fourth-order valence-electron chi connectivity index (χ4n) is 2.17. The largest absolute Gasteiger partial charge is 0.383 e. The van der Waals surface area contributed by atoms with Crippen molar-refractivity contribution >= 4 is 27.1 Å². The summed E-state index contributed by atoms with van der Waals surface area (Å²) in [6.45, 7) is 3.47. The maximum Gasteiger partial charge on any atom is 0.259 e. The highest BCUT2D eigenvalue weighted by molar-refractivity contribution is 7.17. The van der Waals surface area contributed by atoms with Crippen LogP contribution in [-0.4, -0.2) is 11.1 Å². The van der Waals surface area contributed by atoms with Crippen molar-refractivity contribution < 1.29 is 0 Å². The van der Waals surface area contributed by atoms with Gasteiger partial charge < -0.3 is 9.88 Å². The third kappa shape index (κ3) is 2.60. The number of hydrogen-bond acceptors (Lipinski definition) is 3. The van der Waals surface area contributed by atoms with E-state index in [1.807, 2.05) is 23.7 Å². The predicted octanol–water partition coefficient (Wildman–Crippen LogP) is 3.48. The maximum atomic E-state index is 12.2. The molecule has 3 aromatic rings. The van der Waals surface area contributed by atoms with E-state index in [-0.39, 0.29) is 5.56 Å². The normalized spacial score (nSPS) is 10.8. The molecule has 3 rings (SSSR count). The van der Waals surface area contributed by atoms with Gasteiger partial charge in [0.05, 0.1) is 5.39 Å². The van der Waals surface area contributed by atoms with E-state index in [9.17, 15) is 4.79 Å². The molecule has 0 aliphatic rings. The summed E-state index contributed by atoms with van der Waals surface area (Å²) < 4.78 is 2.81. The summed E-state index contributed by atoms with van der Waals surface area (Å²) in [5.74, 6) is 0. The van der Waals surface area contributed by atoms with Gasteiger partial charge in [-0.1, -0.05) is 17.7 Å². The monoisotopic (exact) mass is 284 g/mol. The maximum absolute atomic E-state index is 12.2. The zero-order valence-electron chi connectivity index (χ0n) is 11.3.